The van der Waals surface area contributed by atoms with E-state index >= 15 is 0 Å². The first kappa shape index (κ1) is 19.3. The summed E-state index contributed by atoms with van der Waals surface area (Å²) in [4.78, 5) is 54.5. The van der Waals surface area contributed by atoms with E-state index in [1.165, 1.54) is 12.8 Å². The molecule has 1 aromatic heterocycles. The Kier molecular flexibility index (Phi) is 4.85. The lowest BCUT2D eigenvalue weighted by atomic mass is 9.83. The normalized spacial score (nSPS) is 26.1. The third kappa shape index (κ3) is 3.40. The average Bonchev–Trinajstić information content (AvgIpc) is 3.35. The van der Waals surface area contributed by atoms with Crippen LogP contribution in [0.25, 0.3) is 0 Å². The SMILES string of the molecule is O=C(CN1C(=O)CNC1=O)N1C[C@@H]2C[C@H](C1)c1ccc(CN3CCCC3)c(=O)n1C2. The fraction of sp³-hybridized carbons (Fsp3) is 0.619. The van der Waals surface area contributed by atoms with Gasteiger partial charge >= 0.3 is 6.03 Å². The van der Waals surface area contributed by atoms with Crippen molar-refractivity contribution < 1.29 is 14.4 Å². The number of likely N-dealkylation sites (tertiary alicyclic amines) is 2. The van der Waals surface area contributed by atoms with E-state index in [-0.39, 0.29) is 42.3 Å². The number of nitrogens with zero attached hydrogens (tertiary/aromatic N) is 4. The first-order valence-electron chi connectivity index (χ1n) is 10.8. The van der Waals surface area contributed by atoms with Crippen LogP contribution in [0.5, 0.6) is 0 Å². The van der Waals surface area contributed by atoms with Crippen LogP contribution < -0.4 is 10.9 Å². The summed E-state index contributed by atoms with van der Waals surface area (Å²) in [5, 5.41) is 2.44. The lowest BCUT2D eigenvalue weighted by molar-refractivity contribution is -0.138. The molecular weight excluding hydrogens is 386 g/mol. The molecule has 9 nitrogen and oxygen atoms in total. The molecule has 5 heterocycles. The van der Waals surface area contributed by atoms with Crippen molar-refractivity contribution in [3.63, 3.8) is 0 Å². The van der Waals surface area contributed by atoms with Crippen molar-refractivity contribution in [2.45, 2.75) is 38.3 Å². The van der Waals surface area contributed by atoms with Gasteiger partial charge in [0.15, 0.2) is 0 Å². The summed E-state index contributed by atoms with van der Waals surface area (Å²) >= 11 is 0. The van der Waals surface area contributed by atoms with Crippen molar-refractivity contribution >= 4 is 17.8 Å². The lowest BCUT2D eigenvalue weighted by Crippen LogP contribution is -2.52. The second kappa shape index (κ2) is 7.54. The maximum Gasteiger partial charge on any atom is 0.325 e. The minimum absolute atomic E-state index is 0.0482. The zero-order valence-corrected chi connectivity index (χ0v) is 17.0. The summed E-state index contributed by atoms with van der Waals surface area (Å²) < 4.78 is 1.92. The molecule has 0 unspecified atom stereocenters. The van der Waals surface area contributed by atoms with Crippen LogP contribution in [0, 0.1) is 5.92 Å². The van der Waals surface area contributed by atoms with E-state index in [9.17, 15) is 19.2 Å². The van der Waals surface area contributed by atoms with Crippen LogP contribution in [0.1, 0.15) is 36.4 Å². The number of aromatic nitrogens is 1. The Hall–Kier alpha value is -2.68. The van der Waals surface area contributed by atoms with Crippen LogP contribution in [0.2, 0.25) is 0 Å². The molecule has 9 heteroatoms. The molecule has 0 spiro atoms. The van der Waals surface area contributed by atoms with Gasteiger partial charge in [-0.15, -0.1) is 0 Å². The predicted molar refractivity (Wildman–Crippen MR) is 108 cm³/mol. The van der Waals surface area contributed by atoms with Crippen molar-refractivity contribution in [2.24, 2.45) is 5.92 Å². The second-order valence-corrected chi connectivity index (χ2v) is 8.92. The van der Waals surface area contributed by atoms with Gasteiger partial charge in [0, 0.05) is 43.4 Å². The Morgan fingerprint density at radius 1 is 1.07 bits per heavy atom. The van der Waals surface area contributed by atoms with Crippen LogP contribution in [0.15, 0.2) is 16.9 Å². The number of amides is 4. The molecule has 30 heavy (non-hydrogen) atoms. The van der Waals surface area contributed by atoms with Gasteiger partial charge in [-0.25, -0.2) is 4.79 Å². The number of piperidine rings is 1. The molecule has 3 fully saturated rings. The number of fused-ring (bicyclic) bond motifs is 4. The minimum Gasteiger partial charge on any atom is -0.340 e. The first-order chi connectivity index (χ1) is 14.5. The number of imide groups is 1. The van der Waals surface area contributed by atoms with E-state index in [2.05, 4.69) is 16.3 Å². The van der Waals surface area contributed by atoms with Crippen molar-refractivity contribution in [3.8, 4) is 0 Å². The van der Waals surface area contributed by atoms with E-state index in [4.69, 9.17) is 0 Å². The van der Waals surface area contributed by atoms with E-state index in [0.29, 0.717) is 26.2 Å². The monoisotopic (exact) mass is 413 g/mol. The lowest BCUT2D eigenvalue weighted by Gasteiger charge is -2.43. The molecule has 1 aromatic rings. The number of hydrogen-bond donors (Lipinski definition) is 1. The second-order valence-electron chi connectivity index (χ2n) is 8.92. The number of carbonyl (C=O) groups is 3. The Labute approximate surface area is 174 Å². The molecular formula is C21H27N5O4. The van der Waals surface area contributed by atoms with Crippen molar-refractivity contribution in [1.82, 2.24) is 24.6 Å². The molecule has 2 atom stereocenters. The molecule has 0 aliphatic carbocycles. The number of pyridine rings is 1. The fourth-order valence-electron chi connectivity index (χ4n) is 5.35. The standard InChI is InChI=1S/C21H27N5O4/c27-18-8-22-21(30)26(18)13-19(28)24-9-14-7-16(12-24)17-4-3-15(20(29)25(17)10-14)11-23-5-1-2-6-23/h3-4,14,16H,1-2,5-13H2,(H,22,30)/t14-,16+/m0/s1. The maximum atomic E-state index is 13.1. The van der Waals surface area contributed by atoms with E-state index in [1.807, 2.05) is 10.6 Å². The van der Waals surface area contributed by atoms with Gasteiger partial charge in [0.05, 0.1) is 6.54 Å². The number of nitrogens with one attached hydrogen (secondary N) is 1. The van der Waals surface area contributed by atoms with Crippen LogP contribution in [0.3, 0.4) is 0 Å². The minimum atomic E-state index is -0.506. The van der Waals surface area contributed by atoms with E-state index in [1.54, 1.807) is 4.90 Å². The number of hydrogen-bond acceptors (Lipinski definition) is 5. The summed E-state index contributed by atoms with van der Waals surface area (Å²) in [6, 6.07) is 3.51. The highest BCUT2D eigenvalue weighted by molar-refractivity contribution is 6.04. The summed E-state index contributed by atoms with van der Waals surface area (Å²) in [6.07, 6.45) is 3.35. The third-order valence-corrected chi connectivity index (χ3v) is 6.86. The van der Waals surface area contributed by atoms with Crippen molar-refractivity contribution in [1.29, 1.82) is 0 Å². The highest BCUT2D eigenvalue weighted by atomic mass is 16.2. The smallest absolute Gasteiger partial charge is 0.325 e. The van der Waals surface area contributed by atoms with Crippen LogP contribution >= 0.6 is 0 Å². The van der Waals surface area contributed by atoms with Crippen molar-refractivity contribution in [3.05, 3.63) is 33.7 Å². The zero-order valence-electron chi connectivity index (χ0n) is 17.0. The van der Waals surface area contributed by atoms with Gasteiger partial charge in [0.25, 0.3) is 11.5 Å². The van der Waals surface area contributed by atoms with E-state index < -0.39 is 6.03 Å². The van der Waals surface area contributed by atoms with Gasteiger partial charge < -0.3 is 14.8 Å². The number of carbonyl (C=O) groups excluding carboxylic acids is 3. The Bertz CT molecular complexity index is 935. The maximum absolute atomic E-state index is 13.1. The molecule has 4 aliphatic rings. The molecule has 0 radical (unpaired) electrons. The highest BCUT2D eigenvalue weighted by Gasteiger charge is 2.38. The molecule has 0 aromatic carbocycles. The van der Waals surface area contributed by atoms with Gasteiger partial charge in [-0.1, -0.05) is 6.07 Å². The summed E-state index contributed by atoms with van der Waals surface area (Å²) in [5.41, 5.74) is 1.95. The molecule has 1 N–H and O–H groups in total. The summed E-state index contributed by atoms with van der Waals surface area (Å²) in [6.45, 7) is 4.25. The number of rotatable bonds is 4. The third-order valence-electron chi connectivity index (χ3n) is 6.86. The van der Waals surface area contributed by atoms with Gasteiger partial charge in [-0.3, -0.25) is 24.2 Å². The van der Waals surface area contributed by atoms with Crippen molar-refractivity contribution in [2.75, 3.05) is 39.3 Å². The number of urea groups is 1. The predicted octanol–water partition coefficient (Wildman–Crippen LogP) is -0.0584. The van der Waals surface area contributed by atoms with Gasteiger partial charge in [0.1, 0.15) is 6.54 Å². The first-order valence-corrected chi connectivity index (χ1v) is 10.8. The molecule has 4 aliphatic heterocycles. The zero-order chi connectivity index (χ0) is 20.8. The van der Waals surface area contributed by atoms with Gasteiger partial charge in [-0.05, 0) is 44.3 Å². The molecule has 3 saturated heterocycles. The molecule has 0 saturated carbocycles. The Morgan fingerprint density at radius 3 is 2.60 bits per heavy atom. The highest BCUT2D eigenvalue weighted by Crippen LogP contribution is 2.35. The largest absolute Gasteiger partial charge is 0.340 e. The topological polar surface area (TPSA) is 95.0 Å². The Morgan fingerprint density at radius 2 is 1.87 bits per heavy atom. The van der Waals surface area contributed by atoms with Gasteiger partial charge in [0.2, 0.25) is 5.91 Å². The van der Waals surface area contributed by atoms with Crippen LogP contribution in [0.4, 0.5) is 4.79 Å². The summed E-state index contributed by atoms with van der Waals surface area (Å²) in [7, 11) is 0. The average molecular weight is 413 g/mol. The fourth-order valence-corrected chi connectivity index (χ4v) is 5.35. The van der Waals surface area contributed by atoms with Gasteiger partial charge in [-0.2, -0.15) is 0 Å². The van der Waals surface area contributed by atoms with Crippen LogP contribution in [-0.2, 0) is 22.7 Å². The van der Waals surface area contributed by atoms with Crippen LogP contribution in [-0.4, -0.2) is 76.4 Å². The van der Waals surface area contributed by atoms with E-state index in [0.717, 1.165) is 35.7 Å². The summed E-state index contributed by atoms with van der Waals surface area (Å²) in [5.74, 6) is -0.259. The molecule has 4 amide bonds. The quantitative estimate of drug-likeness (QED) is 0.698. The molecule has 160 valence electrons. The molecule has 2 bridgehead atoms. The molecule has 5 rings (SSSR count). The Balaban J connectivity index is 1.31.